The van der Waals surface area contributed by atoms with Crippen LogP contribution in [-0.2, 0) is 17.8 Å². The molecule has 0 radical (unpaired) electrons. The van der Waals surface area contributed by atoms with E-state index in [-0.39, 0.29) is 19.4 Å². The molecular formula is C9H11F2NO2. The third kappa shape index (κ3) is 3.16. The SMILES string of the molecule is O=C(O)Cc1cccn1CCC(F)F. The van der Waals surface area contributed by atoms with Gasteiger partial charge < -0.3 is 9.67 Å². The number of alkyl halides is 2. The summed E-state index contributed by atoms with van der Waals surface area (Å²) >= 11 is 0. The van der Waals surface area contributed by atoms with Crippen LogP contribution in [0.2, 0.25) is 0 Å². The maximum atomic E-state index is 11.9. The van der Waals surface area contributed by atoms with Crippen molar-refractivity contribution in [2.45, 2.75) is 25.8 Å². The number of aliphatic carboxylic acids is 1. The minimum absolute atomic E-state index is 0.129. The molecule has 1 N–H and O–H groups in total. The minimum Gasteiger partial charge on any atom is -0.481 e. The second kappa shape index (κ2) is 4.74. The van der Waals surface area contributed by atoms with Gasteiger partial charge in [0.05, 0.1) is 6.42 Å². The molecular weight excluding hydrogens is 192 g/mol. The first-order valence-corrected chi connectivity index (χ1v) is 4.23. The van der Waals surface area contributed by atoms with Gasteiger partial charge in [-0.15, -0.1) is 0 Å². The summed E-state index contributed by atoms with van der Waals surface area (Å²) in [5.41, 5.74) is 0.554. The molecule has 1 aromatic heterocycles. The van der Waals surface area contributed by atoms with Gasteiger partial charge in [-0.2, -0.15) is 0 Å². The van der Waals surface area contributed by atoms with Crippen molar-refractivity contribution in [3.63, 3.8) is 0 Å². The molecule has 0 amide bonds. The molecule has 1 rings (SSSR count). The molecule has 0 unspecified atom stereocenters. The summed E-state index contributed by atoms with van der Waals surface area (Å²) in [7, 11) is 0. The van der Waals surface area contributed by atoms with Crippen molar-refractivity contribution in [3.8, 4) is 0 Å². The predicted octanol–water partition coefficient (Wildman–Crippen LogP) is 1.77. The van der Waals surface area contributed by atoms with E-state index in [1.165, 1.54) is 0 Å². The van der Waals surface area contributed by atoms with Crippen molar-refractivity contribution in [1.29, 1.82) is 0 Å². The van der Waals surface area contributed by atoms with E-state index in [0.29, 0.717) is 5.69 Å². The van der Waals surface area contributed by atoms with E-state index >= 15 is 0 Å². The summed E-state index contributed by atoms with van der Waals surface area (Å²) in [5.74, 6) is -0.956. The third-order valence-corrected chi connectivity index (χ3v) is 1.84. The molecule has 0 aliphatic heterocycles. The average molecular weight is 203 g/mol. The fourth-order valence-corrected chi connectivity index (χ4v) is 1.22. The summed E-state index contributed by atoms with van der Waals surface area (Å²) in [6.45, 7) is 0.160. The summed E-state index contributed by atoms with van der Waals surface area (Å²) in [5, 5.41) is 8.53. The number of carboxylic acid groups (broad SMARTS) is 1. The Hall–Kier alpha value is -1.39. The number of aryl methyl sites for hydroxylation is 1. The van der Waals surface area contributed by atoms with Gasteiger partial charge in [0.2, 0.25) is 6.43 Å². The fourth-order valence-electron chi connectivity index (χ4n) is 1.22. The van der Waals surface area contributed by atoms with Crippen molar-refractivity contribution in [2.24, 2.45) is 0 Å². The lowest BCUT2D eigenvalue weighted by atomic mass is 10.3. The van der Waals surface area contributed by atoms with Crippen molar-refractivity contribution in [2.75, 3.05) is 0 Å². The number of halogens is 2. The Kier molecular flexibility index (Phi) is 3.62. The average Bonchev–Trinajstić information content (AvgIpc) is 2.47. The largest absolute Gasteiger partial charge is 0.481 e. The first-order chi connectivity index (χ1) is 6.59. The zero-order chi connectivity index (χ0) is 10.6. The number of carbonyl (C=O) groups is 1. The Morgan fingerprint density at radius 2 is 2.29 bits per heavy atom. The Labute approximate surface area is 80.0 Å². The first-order valence-electron chi connectivity index (χ1n) is 4.23. The lowest BCUT2D eigenvalue weighted by Gasteiger charge is -2.06. The van der Waals surface area contributed by atoms with E-state index in [0.717, 1.165) is 0 Å². The van der Waals surface area contributed by atoms with Gasteiger partial charge in [-0.25, -0.2) is 8.78 Å². The maximum absolute atomic E-state index is 11.9. The summed E-state index contributed by atoms with van der Waals surface area (Å²) in [6.07, 6.45) is -1.12. The Morgan fingerprint density at radius 3 is 2.86 bits per heavy atom. The molecule has 0 spiro atoms. The van der Waals surface area contributed by atoms with Gasteiger partial charge in [0.25, 0.3) is 0 Å². The van der Waals surface area contributed by atoms with E-state index < -0.39 is 12.4 Å². The second-order valence-corrected chi connectivity index (χ2v) is 2.94. The van der Waals surface area contributed by atoms with Gasteiger partial charge >= 0.3 is 5.97 Å². The second-order valence-electron chi connectivity index (χ2n) is 2.94. The molecule has 14 heavy (non-hydrogen) atoms. The normalized spacial score (nSPS) is 10.8. The number of rotatable bonds is 5. The highest BCUT2D eigenvalue weighted by Gasteiger charge is 2.07. The molecule has 0 saturated heterocycles. The third-order valence-electron chi connectivity index (χ3n) is 1.84. The Balaban J connectivity index is 2.58. The van der Waals surface area contributed by atoms with Crippen LogP contribution >= 0.6 is 0 Å². The van der Waals surface area contributed by atoms with E-state index in [4.69, 9.17) is 5.11 Å². The lowest BCUT2D eigenvalue weighted by molar-refractivity contribution is -0.136. The quantitative estimate of drug-likeness (QED) is 0.792. The molecule has 0 aliphatic carbocycles. The monoisotopic (exact) mass is 203 g/mol. The van der Waals surface area contributed by atoms with Gasteiger partial charge in [-0.1, -0.05) is 0 Å². The van der Waals surface area contributed by atoms with Gasteiger partial charge in [0.15, 0.2) is 0 Å². The molecule has 0 fully saturated rings. The summed E-state index contributed by atoms with van der Waals surface area (Å²) in [4.78, 5) is 10.4. The number of hydrogen-bond donors (Lipinski definition) is 1. The van der Waals surface area contributed by atoms with Crippen molar-refractivity contribution in [3.05, 3.63) is 24.0 Å². The lowest BCUT2D eigenvalue weighted by Crippen LogP contribution is -2.09. The predicted molar refractivity (Wildman–Crippen MR) is 46.4 cm³/mol. The van der Waals surface area contributed by atoms with Gasteiger partial charge in [-0.3, -0.25) is 4.79 Å². The molecule has 1 aromatic rings. The van der Waals surface area contributed by atoms with Crippen LogP contribution < -0.4 is 0 Å². The molecule has 1 heterocycles. The van der Waals surface area contributed by atoms with Gasteiger partial charge in [-0.05, 0) is 12.1 Å². The summed E-state index contributed by atoms with van der Waals surface area (Å²) in [6, 6.07) is 3.28. The Morgan fingerprint density at radius 1 is 1.57 bits per heavy atom. The van der Waals surface area contributed by atoms with Gasteiger partial charge in [0.1, 0.15) is 0 Å². The van der Waals surface area contributed by atoms with Crippen molar-refractivity contribution in [1.82, 2.24) is 4.57 Å². The molecule has 0 aliphatic rings. The van der Waals surface area contributed by atoms with Gasteiger partial charge in [0, 0.05) is 24.9 Å². The molecule has 0 atom stereocenters. The maximum Gasteiger partial charge on any atom is 0.309 e. The number of hydrogen-bond acceptors (Lipinski definition) is 1. The van der Waals surface area contributed by atoms with Crippen LogP contribution in [0, 0.1) is 0 Å². The van der Waals surface area contributed by atoms with E-state index in [1.807, 2.05) is 0 Å². The molecule has 5 heteroatoms. The van der Waals surface area contributed by atoms with Crippen LogP contribution in [0.3, 0.4) is 0 Å². The van der Waals surface area contributed by atoms with Crippen molar-refractivity contribution < 1.29 is 18.7 Å². The van der Waals surface area contributed by atoms with Crippen LogP contribution in [-0.4, -0.2) is 22.1 Å². The van der Waals surface area contributed by atoms with Crippen molar-refractivity contribution >= 4 is 5.97 Å². The summed E-state index contributed by atoms with van der Waals surface area (Å²) < 4.78 is 25.3. The standard InChI is InChI=1S/C9H11F2NO2/c10-8(11)3-5-12-4-1-2-7(12)6-9(13)14/h1-2,4,8H,3,5-6H2,(H,13,14). The molecule has 0 bridgehead atoms. The highest BCUT2D eigenvalue weighted by Crippen LogP contribution is 2.07. The zero-order valence-corrected chi connectivity index (χ0v) is 7.49. The van der Waals surface area contributed by atoms with Crippen LogP contribution in [0.15, 0.2) is 18.3 Å². The minimum atomic E-state index is -2.35. The van der Waals surface area contributed by atoms with E-state index in [1.54, 1.807) is 22.9 Å². The van der Waals surface area contributed by atoms with Crippen LogP contribution in [0.1, 0.15) is 12.1 Å². The van der Waals surface area contributed by atoms with E-state index in [9.17, 15) is 13.6 Å². The number of aromatic nitrogens is 1. The van der Waals surface area contributed by atoms with Crippen LogP contribution in [0.4, 0.5) is 8.78 Å². The Bertz CT molecular complexity index is 310. The highest BCUT2D eigenvalue weighted by atomic mass is 19.3. The molecule has 0 aromatic carbocycles. The molecule has 78 valence electrons. The van der Waals surface area contributed by atoms with Crippen LogP contribution in [0.25, 0.3) is 0 Å². The number of carboxylic acids is 1. The zero-order valence-electron chi connectivity index (χ0n) is 7.49. The van der Waals surface area contributed by atoms with E-state index in [2.05, 4.69) is 0 Å². The van der Waals surface area contributed by atoms with Crippen LogP contribution in [0.5, 0.6) is 0 Å². The highest BCUT2D eigenvalue weighted by molar-refractivity contribution is 5.69. The first kappa shape index (κ1) is 10.7. The molecule has 0 saturated carbocycles. The number of nitrogens with zero attached hydrogens (tertiary/aromatic N) is 1. The molecule has 3 nitrogen and oxygen atoms in total. The smallest absolute Gasteiger partial charge is 0.309 e. The topological polar surface area (TPSA) is 42.2 Å². The fraction of sp³-hybridized carbons (Fsp3) is 0.444.